The number of hydrogen-bond donors (Lipinski definition) is 1. The Labute approximate surface area is 97.7 Å². The molecule has 1 aromatic rings. The van der Waals surface area contributed by atoms with E-state index in [0.29, 0.717) is 5.92 Å². The molecule has 3 nitrogen and oxygen atoms in total. The lowest BCUT2D eigenvalue weighted by Crippen LogP contribution is -2.70. The van der Waals surface area contributed by atoms with Crippen molar-refractivity contribution in [1.82, 2.24) is 9.88 Å². The summed E-state index contributed by atoms with van der Waals surface area (Å²) in [6.07, 6.45) is 4.83. The van der Waals surface area contributed by atoms with E-state index < -0.39 is 0 Å². The number of pyridine rings is 1. The first-order valence-corrected chi connectivity index (χ1v) is 6.00. The fraction of sp³-hybridized carbons (Fsp3) is 0.615. The van der Waals surface area contributed by atoms with Crippen LogP contribution in [-0.4, -0.2) is 35.1 Å². The van der Waals surface area contributed by atoms with Gasteiger partial charge in [0.05, 0.1) is 0 Å². The van der Waals surface area contributed by atoms with Gasteiger partial charge in [0.1, 0.15) is 0 Å². The molecule has 0 amide bonds. The third-order valence-electron chi connectivity index (χ3n) is 3.63. The first-order valence-electron chi connectivity index (χ1n) is 6.00. The van der Waals surface area contributed by atoms with Gasteiger partial charge in [-0.25, -0.2) is 0 Å². The van der Waals surface area contributed by atoms with Gasteiger partial charge in [-0.05, 0) is 24.0 Å². The van der Waals surface area contributed by atoms with Crippen molar-refractivity contribution in [3.05, 3.63) is 30.1 Å². The number of rotatable bonds is 4. The molecule has 1 saturated heterocycles. The maximum Gasteiger partial charge on any atom is 0.0435 e. The van der Waals surface area contributed by atoms with E-state index in [0.717, 1.165) is 26.1 Å². The van der Waals surface area contributed by atoms with Crippen LogP contribution in [0.15, 0.2) is 24.5 Å². The molecule has 0 bridgehead atoms. The van der Waals surface area contributed by atoms with Gasteiger partial charge in [0.25, 0.3) is 0 Å². The van der Waals surface area contributed by atoms with Crippen LogP contribution in [0.4, 0.5) is 0 Å². The molecule has 0 unspecified atom stereocenters. The van der Waals surface area contributed by atoms with Gasteiger partial charge in [0.15, 0.2) is 0 Å². The number of hydrogen-bond acceptors (Lipinski definition) is 3. The Morgan fingerprint density at radius 2 is 2.25 bits per heavy atom. The minimum atomic E-state index is 0.0505. The lowest BCUT2D eigenvalue weighted by Gasteiger charge is -2.50. The summed E-state index contributed by atoms with van der Waals surface area (Å²) >= 11 is 0. The predicted octanol–water partition coefficient (Wildman–Crippen LogP) is 1.29. The molecule has 0 aromatic carbocycles. The summed E-state index contributed by atoms with van der Waals surface area (Å²) in [5.41, 5.74) is 7.61. The quantitative estimate of drug-likeness (QED) is 0.830. The summed E-state index contributed by atoms with van der Waals surface area (Å²) in [7, 11) is 0. The van der Waals surface area contributed by atoms with Crippen molar-refractivity contribution in [2.75, 3.05) is 19.6 Å². The zero-order valence-electron chi connectivity index (χ0n) is 10.2. The Morgan fingerprint density at radius 3 is 2.81 bits per heavy atom. The average molecular weight is 219 g/mol. The summed E-state index contributed by atoms with van der Waals surface area (Å²) in [5, 5.41) is 0. The highest BCUT2D eigenvalue weighted by atomic mass is 15.2. The van der Waals surface area contributed by atoms with E-state index in [4.69, 9.17) is 5.73 Å². The second kappa shape index (κ2) is 4.52. The van der Waals surface area contributed by atoms with E-state index in [1.54, 1.807) is 0 Å². The normalized spacial score (nSPS) is 19.8. The van der Waals surface area contributed by atoms with E-state index in [1.165, 1.54) is 5.56 Å². The van der Waals surface area contributed by atoms with E-state index in [-0.39, 0.29) is 5.54 Å². The Bertz CT molecular complexity index is 328. The number of likely N-dealkylation sites (tertiary alicyclic amines) is 1. The van der Waals surface area contributed by atoms with Crippen molar-refractivity contribution < 1.29 is 0 Å². The van der Waals surface area contributed by atoms with Crippen molar-refractivity contribution in [2.24, 2.45) is 11.7 Å². The molecule has 3 heteroatoms. The second-order valence-corrected chi connectivity index (χ2v) is 5.21. The predicted molar refractivity (Wildman–Crippen MR) is 66.1 cm³/mol. The summed E-state index contributed by atoms with van der Waals surface area (Å²) in [5.74, 6) is 0.571. The topological polar surface area (TPSA) is 42.1 Å². The van der Waals surface area contributed by atoms with Crippen LogP contribution in [0.1, 0.15) is 19.4 Å². The molecule has 0 atom stereocenters. The fourth-order valence-corrected chi connectivity index (χ4v) is 2.14. The van der Waals surface area contributed by atoms with Crippen LogP contribution in [0, 0.1) is 5.92 Å². The van der Waals surface area contributed by atoms with Gasteiger partial charge in [-0.3, -0.25) is 9.88 Å². The Kier molecular flexibility index (Phi) is 3.26. The standard InChI is InChI=1S/C13H21N3/c1-11(2)13(14)9-16(10-13)7-5-12-4-3-6-15-8-12/h3-4,6,8,11H,5,7,9-10,14H2,1-2H3. The second-order valence-electron chi connectivity index (χ2n) is 5.21. The van der Waals surface area contributed by atoms with Crippen molar-refractivity contribution in [3.8, 4) is 0 Å². The van der Waals surface area contributed by atoms with Crippen LogP contribution in [-0.2, 0) is 6.42 Å². The lowest BCUT2D eigenvalue weighted by atomic mass is 9.80. The monoisotopic (exact) mass is 219 g/mol. The maximum absolute atomic E-state index is 6.25. The highest BCUT2D eigenvalue weighted by molar-refractivity contribution is 5.10. The Hall–Kier alpha value is -0.930. The average Bonchev–Trinajstić information content (AvgIpc) is 2.24. The van der Waals surface area contributed by atoms with Crippen molar-refractivity contribution in [2.45, 2.75) is 25.8 Å². The highest BCUT2D eigenvalue weighted by Crippen LogP contribution is 2.25. The fourth-order valence-electron chi connectivity index (χ4n) is 2.14. The molecule has 0 radical (unpaired) electrons. The van der Waals surface area contributed by atoms with Gasteiger partial charge >= 0.3 is 0 Å². The number of nitrogens with zero attached hydrogens (tertiary/aromatic N) is 2. The molecular weight excluding hydrogens is 198 g/mol. The third-order valence-corrected chi connectivity index (χ3v) is 3.63. The highest BCUT2D eigenvalue weighted by Gasteiger charge is 2.41. The van der Waals surface area contributed by atoms with Crippen LogP contribution in [0.3, 0.4) is 0 Å². The minimum Gasteiger partial charge on any atom is -0.323 e. The van der Waals surface area contributed by atoms with Gasteiger partial charge < -0.3 is 5.73 Å². The van der Waals surface area contributed by atoms with E-state index in [1.807, 2.05) is 18.5 Å². The van der Waals surface area contributed by atoms with Crippen molar-refractivity contribution >= 4 is 0 Å². The van der Waals surface area contributed by atoms with Crippen molar-refractivity contribution in [3.63, 3.8) is 0 Å². The molecule has 1 fully saturated rings. The minimum absolute atomic E-state index is 0.0505. The molecule has 1 aromatic heterocycles. The van der Waals surface area contributed by atoms with E-state index >= 15 is 0 Å². The summed E-state index contributed by atoms with van der Waals surface area (Å²) in [4.78, 5) is 6.54. The van der Waals surface area contributed by atoms with Gasteiger partial charge in [0.2, 0.25) is 0 Å². The van der Waals surface area contributed by atoms with Crippen LogP contribution in [0.25, 0.3) is 0 Å². The van der Waals surface area contributed by atoms with Crippen molar-refractivity contribution in [1.29, 1.82) is 0 Å². The number of nitrogens with two attached hydrogens (primary N) is 1. The first kappa shape index (κ1) is 11.6. The molecule has 1 aliphatic heterocycles. The van der Waals surface area contributed by atoms with E-state index in [9.17, 15) is 0 Å². The van der Waals surface area contributed by atoms with Crippen LogP contribution in [0.5, 0.6) is 0 Å². The maximum atomic E-state index is 6.25. The van der Waals surface area contributed by atoms with Crippen LogP contribution < -0.4 is 5.73 Å². The summed E-state index contributed by atoms with van der Waals surface area (Å²) < 4.78 is 0. The third kappa shape index (κ3) is 2.42. The Morgan fingerprint density at radius 1 is 1.50 bits per heavy atom. The molecule has 0 spiro atoms. The summed E-state index contributed by atoms with van der Waals surface area (Å²) in [6.45, 7) is 7.57. The summed E-state index contributed by atoms with van der Waals surface area (Å²) in [6, 6.07) is 4.12. The smallest absolute Gasteiger partial charge is 0.0435 e. The van der Waals surface area contributed by atoms with Gasteiger partial charge in [-0.2, -0.15) is 0 Å². The van der Waals surface area contributed by atoms with Crippen LogP contribution in [0.2, 0.25) is 0 Å². The molecule has 2 N–H and O–H groups in total. The number of aromatic nitrogens is 1. The molecule has 0 aliphatic carbocycles. The van der Waals surface area contributed by atoms with Gasteiger partial charge in [-0.1, -0.05) is 19.9 Å². The molecule has 2 heterocycles. The first-order chi connectivity index (χ1) is 7.60. The molecule has 16 heavy (non-hydrogen) atoms. The van der Waals surface area contributed by atoms with Gasteiger partial charge in [0, 0.05) is 37.6 Å². The SMILES string of the molecule is CC(C)C1(N)CN(CCc2cccnc2)C1. The zero-order chi connectivity index (χ0) is 11.6. The molecular formula is C13H21N3. The molecule has 1 aliphatic rings. The van der Waals surface area contributed by atoms with E-state index in [2.05, 4.69) is 29.8 Å². The zero-order valence-corrected chi connectivity index (χ0v) is 10.2. The van der Waals surface area contributed by atoms with Gasteiger partial charge in [-0.15, -0.1) is 0 Å². The Balaban J connectivity index is 1.75. The molecule has 0 saturated carbocycles. The molecule has 2 rings (SSSR count). The lowest BCUT2D eigenvalue weighted by molar-refractivity contribution is 0.0390. The molecule has 88 valence electrons. The van der Waals surface area contributed by atoms with Crippen LogP contribution >= 0.6 is 0 Å². The largest absolute Gasteiger partial charge is 0.323 e.